The van der Waals surface area contributed by atoms with Crippen molar-refractivity contribution in [1.29, 1.82) is 0 Å². The Morgan fingerprint density at radius 3 is 2.71 bits per heavy atom. The van der Waals surface area contributed by atoms with Crippen molar-refractivity contribution < 1.29 is 19.0 Å². The molecule has 1 heterocycles. The van der Waals surface area contributed by atoms with Crippen molar-refractivity contribution in [3.05, 3.63) is 29.6 Å². The van der Waals surface area contributed by atoms with Gasteiger partial charge in [0.1, 0.15) is 17.7 Å². The second-order valence-electron chi connectivity index (χ2n) is 4.29. The van der Waals surface area contributed by atoms with Crippen LogP contribution in [0.5, 0.6) is 5.75 Å². The molecule has 1 saturated heterocycles. The quantitative estimate of drug-likeness (QED) is 0.882. The van der Waals surface area contributed by atoms with Crippen LogP contribution in [-0.4, -0.2) is 24.4 Å². The Bertz CT molecular complexity index is 373. The second kappa shape index (κ2) is 5.47. The Kier molecular flexibility index (Phi) is 3.97. The Labute approximate surface area is 100 Å². The van der Waals surface area contributed by atoms with Crippen molar-refractivity contribution in [2.24, 2.45) is 0 Å². The van der Waals surface area contributed by atoms with Crippen LogP contribution < -0.4 is 4.74 Å². The lowest BCUT2D eigenvalue weighted by Gasteiger charge is -2.23. The van der Waals surface area contributed by atoms with Gasteiger partial charge in [-0.3, -0.25) is 0 Å². The Morgan fingerprint density at radius 1 is 1.41 bits per heavy atom. The maximum atomic E-state index is 13.6. The number of halogens is 1. The van der Waals surface area contributed by atoms with E-state index in [-0.39, 0.29) is 6.10 Å². The molecule has 3 nitrogen and oxygen atoms in total. The molecule has 0 bridgehead atoms. The van der Waals surface area contributed by atoms with Crippen LogP contribution in [0.1, 0.15) is 31.4 Å². The molecule has 1 fully saturated rings. The summed E-state index contributed by atoms with van der Waals surface area (Å²) >= 11 is 0. The van der Waals surface area contributed by atoms with Gasteiger partial charge in [-0.15, -0.1) is 0 Å². The van der Waals surface area contributed by atoms with Gasteiger partial charge in [0.2, 0.25) is 0 Å². The summed E-state index contributed by atoms with van der Waals surface area (Å²) in [7, 11) is 0. The van der Waals surface area contributed by atoms with Crippen LogP contribution in [0.2, 0.25) is 0 Å². The predicted octanol–water partition coefficient (Wildman–Crippen LogP) is 2.44. The molecule has 1 aromatic carbocycles. The van der Waals surface area contributed by atoms with Gasteiger partial charge in [0.05, 0.1) is 19.3 Å². The van der Waals surface area contributed by atoms with Crippen LogP contribution in [-0.2, 0) is 4.74 Å². The minimum atomic E-state index is -0.799. The van der Waals surface area contributed by atoms with Gasteiger partial charge in [-0.05, 0) is 19.1 Å². The summed E-state index contributed by atoms with van der Waals surface area (Å²) in [6.45, 7) is 2.93. The average Bonchev–Trinajstić information content (AvgIpc) is 2.30. The highest BCUT2D eigenvalue weighted by Gasteiger charge is 2.16. The van der Waals surface area contributed by atoms with Gasteiger partial charge < -0.3 is 14.6 Å². The normalized spacial score (nSPS) is 19.0. The smallest absolute Gasteiger partial charge is 0.132 e. The molecule has 0 saturated carbocycles. The van der Waals surface area contributed by atoms with Crippen LogP contribution >= 0.6 is 0 Å². The Hall–Kier alpha value is -1.13. The van der Waals surface area contributed by atoms with Crippen LogP contribution in [0, 0.1) is 5.82 Å². The summed E-state index contributed by atoms with van der Waals surface area (Å²) in [5, 5.41) is 9.32. The lowest BCUT2D eigenvalue weighted by Crippen LogP contribution is -2.25. The summed E-state index contributed by atoms with van der Waals surface area (Å²) < 4.78 is 24.5. The van der Waals surface area contributed by atoms with E-state index in [4.69, 9.17) is 9.47 Å². The van der Waals surface area contributed by atoms with Crippen LogP contribution in [0.4, 0.5) is 4.39 Å². The molecule has 0 aromatic heterocycles. The van der Waals surface area contributed by atoms with E-state index in [0.29, 0.717) is 24.5 Å². The molecule has 1 aromatic rings. The zero-order valence-corrected chi connectivity index (χ0v) is 9.86. The zero-order valence-electron chi connectivity index (χ0n) is 9.86. The van der Waals surface area contributed by atoms with Gasteiger partial charge in [0.25, 0.3) is 0 Å². The molecule has 0 amide bonds. The summed E-state index contributed by atoms with van der Waals surface area (Å²) in [6.07, 6.45) is 0.965. The molecule has 2 rings (SSSR count). The number of aliphatic hydroxyl groups excluding tert-OH is 1. The number of rotatable bonds is 3. The first-order chi connectivity index (χ1) is 8.16. The minimum Gasteiger partial charge on any atom is -0.490 e. The monoisotopic (exact) mass is 240 g/mol. The Balaban J connectivity index is 2.04. The van der Waals surface area contributed by atoms with E-state index in [1.807, 2.05) is 0 Å². The number of ether oxygens (including phenoxy) is 2. The molecule has 0 radical (unpaired) electrons. The SMILES string of the molecule is CC(O)c1ccc(OC2CCOCC2)cc1F. The van der Waals surface area contributed by atoms with Crippen molar-refractivity contribution >= 4 is 0 Å². The molecule has 1 atom stereocenters. The fraction of sp³-hybridized carbons (Fsp3) is 0.538. The summed E-state index contributed by atoms with van der Waals surface area (Å²) in [4.78, 5) is 0. The summed E-state index contributed by atoms with van der Waals surface area (Å²) in [6, 6.07) is 4.59. The predicted molar refractivity (Wildman–Crippen MR) is 61.5 cm³/mol. The molecule has 4 heteroatoms. The van der Waals surface area contributed by atoms with Crippen molar-refractivity contribution in [3.63, 3.8) is 0 Å². The molecule has 1 N–H and O–H groups in total. The molecular weight excluding hydrogens is 223 g/mol. The topological polar surface area (TPSA) is 38.7 Å². The van der Waals surface area contributed by atoms with Gasteiger partial charge in [-0.2, -0.15) is 0 Å². The average molecular weight is 240 g/mol. The van der Waals surface area contributed by atoms with Crippen LogP contribution in [0.25, 0.3) is 0 Å². The van der Waals surface area contributed by atoms with Crippen molar-refractivity contribution in [2.75, 3.05) is 13.2 Å². The minimum absolute atomic E-state index is 0.0977. The third-order valence-corrected chi connectivity index (χ3v) is 2.89. The molecule has 0 aliphatic carbocycles. The van der Waals surface area contributed by atoms with E-state index in [2.05, 4.69) is 0 Å². The van der Waals surface area contributed by atoms with Crippen molar-refractivity contribution in [3.8, 4) is 5.75 Å². The van der Waals surface area contributed by atoms with Crippen molar-refractivity contribution in [2.45, 2.75) is 32.0 Å². The van der Waals surface area contributed by atoms with E-state index in [1.165, 1.54) is 13.0 Å². The fourth-order valence-corrected chi connectivity index (χ4v) is 1.91. The number of hydrogen-bond acceptors (Lipinski definition) is 3. The lowest BCUT2D eigenvalue weighted by atomic mass is 10.1. The highest BCUT2D eigenvalue weighted by atomic mass is 19.1. The lowest BCUT2D eigenvalue weighted by molar-refractivity contribution is 0.0254. The maximum absolute atomic E-state index is 13.6. The number of aliphatic hydroxyl groups is 1. The second-order valence-corrected chi connectivity index (χ2v) is 4.29. The fourth-order valence-electron chi connectivity index (χ4n) is 1.91. The number of benzene rings is 1. The third kappa shape index (κ3) is 3.17. The molecule has 1 unspecified atom stereocenters. The van der Waals surface area contributed by atoms with E-state index in [1.54, 1.807) is 12.1 Å². The summed E-state index contributed by atoms with van der Waals surface area (Å²) in [5.74, 6) is 0.0864. The van der Waals surface area contributed by atoms with Gasteiger partial charge >= 0.3 is 0 Å². The van der Waals surface area contributed by atoms with Gasteiger partial charge in [0, 0.05) is 24.5 Å². The van der Waals surface area contributed by atoms with E-state index < -0.39 is 11.9 Å². The van der Waals surface area contributed by atoms with Gasteiger partial charge in [-0.25, -0.2) is 4.39 Å². The van der Waals surface area contributed by atoms with E-state index >= 15 is 0 Å². The highest BCUT2D eigenvalue weighted by Crippen LogP contribution is 2.24. The highest BCUT2D eigenvalue weighted by molar-refractivity contribution is 5.30. The first-order valence-corrected chi connectivity index (χ1v) is 5.88. The maximum Gasteiger partial charge on any atom is 0.132 e. The van der Waals surface area contributed by atoms with Crippen molar-refractivity contribution in [1.82, 2.24) is 0 Å². The Morgan fingerprint density at radius 2 is 2.12 bits per heavy atom. The first kappa shape index (κ1) is 12.3. The standard InChI is InChI=1S/C13H17FO3/c1-9(15)12-3-2-11(8-13(12)14)17-10-4-6-16-7-5-10/h2-3,8-10,15H,4-7H2,1H3. The van der Waals surface area contributed by atoms with Gasteiger partial charge in [-0.1, -0.05) is 0 Å². The van der Waals surface area contributed by atoms with Crippen LogP contribution in [0.15, 0.2) is 18.2 Å². The van der Waals surface area contributed by atoms with E-state index in [9.17, 15) is 9.50 Å². The largest absolute Gasteiger partial charge is 0.490 e. The number of hydrogen-bond donors (Lipinski definition) is 1. The molecule has 1 aliphatic heterocycles. The van der Waals surface area contributed by atoms with Crippen LogP contribution in [0.3, 0.4) is 0 Å². The third-order valence-electron chi connectivity index (χ3n) is 2.89. The molecule has 0 spiro atoms. The first-order valence-electron chi connectivity index (χ1n) is 5.88. The molecule has 17 heavy (non-hydrogen) atoms. The van der Waals surface area contributed by atoms with Gasteiger partial charge in [0.15, 0.2) is 0 Å². The molecule has 1 aliphatic rings. The summed E-state index contributed by atoms with van der Waals surface area (Å²) in [5.41, 5.74) is 0.296. The molecule has 94 valence electrons. The zero-order chi connectivity index (χ0) is 12.3. The molecular formula is C13H17FO3. The van der Waals surface area contributed by atoms with E-state index in [0.717, 1.165) is 12.8 Å².